The molecule has 0 spiro atoms. The van der Waals surface area contributed by atoms with Crippen molar-refractivity contribution in [1.82, 2.24) is 4.90 Å². The van der Waals surface area contributed by atoms with E-state index >= 15 is 0 Å². The molecule has 1 heterocycles. The van der Waals surface area contributed by atoms with Crippen molar-refractivity contribution in [3.63, 3.8) is 0 Å². The molecule has 0 radical (unpaired) electrons. The Hall–Kier alpha value is -3.07. The van der Waals surface area contributed by atoms with Crippen LogP contribution in [0, 0.1) is 24.1 Å². The standard InChI is InChI=1S/C19H19FN4O/c1-14-3-2-4-17(11-14)23-7-9-24(10-8-23)19(25)22-18-6-5-16(20)12-15(18)13-21/h2-6,11-12H,7-10H2,1H3,(H,22,25). The van der Waals surface area contributed by atoms with Crippen molar-refractivity contribution in [2.75, 3.05) is 36.4 Å². The number of piperazine rings is 1. The van der Waals surface area contributed by atoms with E-state index in [4.69, 9.17) is 5.26 Å². The fraction of sp³-hybridized carbons (Fsp3) is 0.263. The third kappa shape index (κ3) is 3.89. The fourth-order valence-corrected chi connectivity index (χ4v) is 2.90. The molecule has 1 fully saturated rings. The summed E-state index contributed by atoms with van der Waals surface area (Å²) >= 11 is 0. The van der Waals surface area contributed by atoms with E-state index in [-0.39, 0.29) is 11.6 Å². The minimum atomic E-state index is -0.499. The average Bonchev–Trinajstić information content (AvgIpc) is 2.63. The highest BCUT2D eigenvalue weighted by Crippen LogP contribution is 2.19. The number of carbonyl (C=O) groups excluding carboxylic acids is 1. The van der Waals surface area contributed by atoms with Gasteiger partial charge in [-0.3, -0.25) is 0 Å². The lowest BCUT2D eigenvalue weighted by atomic mass is 10.2. The topological polar surface area (TPSA) is 59.4 Å². The summed E-state index contributed by atoms with van der Waals surface area (Å²) in [6.07, 6.45) is 0. The SMILES string of the molecule is Cc1cccc(N2CCN(C(=O)Nc3ccc(F)cc3C#N)CC2)c1. The van der Waals surface area contributed by atoms with Crippen LogP contribution in [0.3, 0.4) is 0 Å². The van der Waals surface area contributed by atoms with Crippen LogP contribution in [0.4, 0.5) is 20.6 Å². The zero-order valence-corrected chi connectivity index (χ0v) is 14.0. The maximum absolute atomic E-state index is 13.2. The van der Waals surface area contributed by atoms with Crippen LogP contribution in [0.15, 0.2) is 42.5 Å². The van der Waals surface area contributed by atoms with Gasteiger partial charge in [-0.2, -0.15) is 5.26 Å². The number of carbonyl (C=O) groups is 1. The van der Waals surface area contributed by atoms with Crippen molar-refractivity contribution in [3.8, 4) is 6.07 Å². The van der Waals surface area contributed by atoms with Crippen LogP contribution < -0.4 is 10.2 Å². The summed E-state index contributed by atoms with van der Waals surface area (Å²) in [5.41, 5.74) is 2.81. The fourth-order valence-electron chi connectivity index (χ4n) is 2.90. The lowest BCUT2D eigenvalue weighted by Crippen LogP contribution is -2.50. The molecular weight excluding hydrogens is 319 g/mol. The van der Waals surface area contributed by atoms with Gasteiger partial charge in [-0.1, -0.05) is 12.1 Å². The Labute approximate surface area is 146 Å². The Morgan fingerprint density at radius 3 is 2.60 bits per heavy atom. The van der Waals surface area contributed by atoms with Gasteiger partial charge in [0.1, 0.15) is 11.9 Å². The lowest BCUT2D eigenvalue weighted by Gasteiger charge is -2.36. The Bertz CT molecular complexity index is 822. The van der Waals surface area contributed by atoms with Crippen LogP contribution in [0.2, 0.25) is 0 Å². The van der Waals surface area contributed by atoms with Crippen LogP contribution in [0.1, 0.15) is 11.1 Å². The number of nitrogens with zero attached hydrogens (tertiary/aromatic N) is 3. The maximum Gasteiger partial charge on any atom is 0.322 e. The molecule has 0 aromatic heterocycles. The van der Waals surface area contributed by atoms with Crippen molar-refractivity contribution in [3.05, 3.63) is 59.4 Å². The van der Waals surface area contributed by atoms with E-state index in [9.17, 15) is 9.18 Å². The van der Waals surface area contributed by atoms with Gasteiger partial charge in [-0.25, -0.2) is 9.18 Å². The number of aryl methyl sites for hydroxylation is 1. The number of nitriles is 1. The number of halogens is 1. The first kappa shape index (κ1) is 16.8. The van der Waals surface area contributed by atoms with Crippen LogP contribution in [0.25, 0.3) is 0 Å². The number of amides is 2. The van der Waals surface area contributed by atoms with Gasteiger partial charge in [0.15, 0.2) is 0 Å². The van der Waals surface area contributed by atoms with Gasteiger partial charge in [0.05, 0.1) is 11.3 Å². The molecule has 0 saturated carbocycles. The van der Waals surface area contributed by atoms with Crippen molar-refractivity contribution in [2.45, 2.75) is 6.92 Å². The predicted molar refractivity (Wildman–Crippen MR) is 95.1 cm³/mol. The second-order valence-electron chi connectivity index (χ2n) is 6.04. The number of nitrogens with one attached hydrogen (secondary N) is 1. The molecule has 0 aliphatic carbocycles. The molecule has 1 aliphatic heterocycles. The third-order valence-corrected chi connectivity index (χ3v) is 4.28. The first-order valence-electron chi connectivity index (χ1n) is 8.14. The summed E-state index contributed by atoms with van der Waals surface area (Å²) in [4.78, 5) is 16.4. The molecule has 128 valence electrons. The maximum atomic E-state index is 13.2. The van der Waals surface area contributed by atoms with Crippen LogP contribution in [0.5, 0.6) is 0 Å². The Morgan fingerprint density at radius 2 is 1.92 bits per heavy atom. The van der Waals surface area contributed by atoms with E-state index in [1.165, 1.54) is 17.7 Å². The summed E-state index contributed by atoms with van der Waals surface area (Å²) in [5.74, 6) is -0.499. The Kier molecular flexibility index (Phi) is 4.85. The van der Waals surface area contributed by atoms with E-state index in [1.54, 1.807) is 4.90 Å². The highest BCUT2D eigenvalue weighted by Gasteiger charge is 2.22. The molecule has 0 bridgehead atoms. The lowest BCUT2D eigenvalue weighted by molar-refractivity contribution is 0.208. The summed E-state index contributed by atoms with van der Waals surface area (Å²) in [5, 5.41) is 11.8. The normalized spacial score (nSPS) is 14.1. The van der Waals surface area contributed by atoms with Crippen LogP contribution in [-0.2, 0) is 0 Å². The molecule has 25 heavy (non-hydrogen) atoms. The highest BCUT2D eigenvalue weighted by atomic mass is 19.1. The van der Waals surface area contributed by atoms with E-state index < -0.39 is 5.82 Å². The molecule has 5 nitrogen and oxygen atoms in total. The molecule has 6 heteroatoms. The molecule has 2 aromatic carbocycles. The van der Waals surface area contributed by atoms with Gasteiger partial charge in [-0.05, 0) is 42.8 Å². The highest BCUT2D eigenvalue weighted by molar-refractivity contribution is 5.91. The molecule has 3 rings (SSSR count). The minimum absolute atomic E-state index is 0.117. The van der Waals surface area contributed by atoms with Crippen molar-refractivity contribution < 1.29 is 9.18 Å². The summed E-state index contributed by atoms with van der Waals surface area (Å²) < 4.78 is 13.2. The number of hydrogen-bond acceptors (Lipinski definition) is 3. The molecule has 1 aliphatic rings. The molecule has 2 aromatic rings. The second-order valence-corrected chi connectivity index (χ2v) is 6.04. The largest absolute Gasteiger partial charge is 0.368 e. The van der Waals surface area contributed by atoms with Gasteiger partial charge in [0.2, 0.25) is 0 Å². The summed E-state index contributed by atoms with van der Waals surface area (Å²) in [6.45, 7) is 4.71. The third-order valence-electron chi connectivity index (χ3n) is 4.28. The van der Waals surface area contributed by atoms with Gasteiger partial charge in [0, 0.05) is 31.9 Å². The number of hydrogen-bond donors (Lipinski definition) is 1. The van der Waals surface area contributed by atoms with Gasteiger partial charge >= 0.3 is 6.03 Å². The number of urea groups is 1. The van der Waals surface area contributed by atoms with Gasteiger partial charge in [0.25, 0.3) is 0 Å². The van der Waals surface area contributed by atoms with E-state index in [0.29, 0.717) is 18.8 Å². The zero-order chi connectivity index (χ0) is 17.8. The molecule has 1 saturated heterocycles. The average molecular weight is 338 g/mol. The van der Waals surface area contributed by atoms with E-state index in [0.717, 1.165) is 24.8 Å². The zero-order valence-electron chi connectivity index (χ0n) is 14.0. The first-order chi connectivity index (χ1) is 12.1. The summed E-state index contributed by atoms with van der Waals surface area (Å²) in [7, 11) is 0. The van der Waals surface area contributed by atoms with Crippen molar-refractivity contribution >= 4 is 17.4 Å². The molecule has 2 amide bonds. The predicted octanol–water partition coefficient (Wildman–Crippen LogP) is 3.36. The number of benzene rings is 2. The second kappa shape index (κ2) is 7.22. The van der Waals surface area contributed by atoms with Crippen molar-refractivity contribution in [2.24, 2.45) is 0 Å². The molecule has 0 atom stereocenters. The minimum Gasteiger partial charge on any atom is -0.368 e. The van der Waals surface area contributed by atoms with E-state index in [1.807, 2.05) is 12.1 Å². The molecular formula is C19H19FN4O. The molecule has 1 N–H and O–H groups in total. The van der Waals surface area contributed by atoms with Crippen molar-refractivity contribution in [1.29, 1.82) is 5.26 Å². The first-order valence-corrected chi connectivity index (χ1v) is 8.14. The smallest absolute Gasteiger partial charge is 0.322 e. The van der Waals surface area contributed by atoms with E-state index in [2.05, 4.69) is 35.3 Å². The monoisotopic (exact) mass is 338 g/mol. The van der Waals surface area contributed by atoms with Gasteiger partial charge in [-0.15, -0.1) is 0 Å². The number of rotatable bonds is 2. The molecule has 0 unspecified atom stereocenters. The Balaban J connectivity index is 1.61. The number of anilines is 2. The van der Waals surface area contributed by atoms with Crippen LogP contribution in [-0.4, -0.2) is 37.1 Å². The quantitative estimate of drug-likeness (QED) is 0.913. The van der Waals surface area contributed by atoms with Crippen LogP contribution >= 0.6 is 0 Å². The summed E-state index contributed by atoms with van der Waals surface area (Å²) in [6, 6.07) is 13.7. The Morgan fingerprint density at radius 1 is 1.16 bits per heavy atom. The van der Waals surface area contributed by atoms with Gasteiger partial charge < -0.3 is 15.1 Å².